The van der Waals surface area contributed by atoms with Crippen LogP contribution in [0, 0.1) is 92.7 Å². The first kappa shape index (κ1) is 43.2. The lowest BCUT2D eigenvalue weighted by atomic mass is 9.44. The summed E-state index contributed by atoms with van der Waals surface area (Å²) in [6.45, 7) is 26.6. The first-order valence-electron chi connectivity index (χ1n) is 25.0. The number of aliphatic hydroxyl groups excluding tert-OH is 1. The molecule has 0 spiro atoms. The number of carbonyl (C=O) groups is 1. The van der Waals surface area contributed by atoms with Crippen LogP contribution in [0.2, 0.25) is 0 Å². The monoisotopic (exact) mass is 771 g/mol. The van der Waals surface area contributed by atoms with Gasteiger partial charge in [-0.2, -0.15) is 0 Å². The molecule has 1 N–H and O–H groups in total. The highest BCUT2D eigenvalue weighted by Gasteiger charge is 2.61. The number of allylic oxidation sites excluding steroid dienone is 2. The molecular weight excluding hydrogens is 681 g/mol. The minimum absolute atomic E-state index is 0.0766. The summed E-state index contributed by atoms with van der Waals surface area (Å²) in [7, 11) is 0. The second-order valence-corrected chi connectivity index (χ2v) is 24.1. The van der Waals surface area contributed by atoms with Gasteiger partial charge in [-0.25, -0.2) is 0 Å². The fourth-order valence-corrected chi connectivity index (χ4v) is 17.6. The summed E-state index contributed by atoms with van der Waals surface area (Å²) in [5.74, 6) is 11.3. The summed E-state index contributed by atoms with van der Waals surface area (Å²) in [5.41, 5.74) is 4.99. The lowest BCUT2D eigenvalue weighted by Crippen LogP contribution is -2.53. The minimum atomic E-state index is -0.0766. The Morgan fingerprint density at radius 2 is 1.30 bits per heavy atom. The number of fused-ring (bicyclic) bond motifs is 10. The zero-order valence-electron chi connectivity index (χ0n) is 38.4. The van der Waals surface area contributed by atoms with Crippen molar-refractivity contribution in [1.29, 1.82) is 0 Å². The third-order valence-electron chi connectivity index (χ3n) is 20.8. The molecule has 0 bridgehead atoms. The number of hydrogen-bond acceptors (Lipinski definition) is 2. The Kier molecular flexibility index (Phi) is 13.0. The van der Waals surface area contributed by atoms with Gasteiger partial charge in [0.1, 0.15) is 5.78 Å². The predicted molar refractivity (Wildman–Crippen MR) is 237 cm³/mol. The van der Waals surface area contributed by atoms with Gasteiger partial charge in [0, 0.05) is 12.8 Å². The molecule has 0 heterocycles. The Balaban J connectivity index is 0.000000172. The van der Waals surface area contributed by atoms with E-state index in [0.29, 0.717) is 33.4 Å². The lowest BCUT2D eigenvalue weighted by molar-refractivity contribution is -0.140. The van der Waals surface area contributed by atoms with Crippen molar-refractivity contribution in [2.75, 3.05) is 0 Å². The number of aliphatic hydroxyl groups is 1. The van der Waals surface area contributed by atoms with Gasteiger partial charge in [-0.15, -0.1) is 6.58 Å². The van der Waals surface area contributed by atoms with E-state index in [1.54, 1.807) is 5.57 Å². The number of rotatable bonds is 10. The van der Waals surface area contributed by atoms with E-state index in [0.717, 1.165) is 90.8 Å². The van der Waals surface area contributed by atoms with E-state index in [4.69, 9.17) is 0 Å². The first-order valence-corrected chi connectivity index (χ1v) is 25.0. The second kappa shape index (κ2) is 16.9. The predicted octanol–water partition coefficient (Wildman–Crippen LogP) is 15.0. The molecule has 0 aromatic carbocycles. The van der Waals surface area contributed by atoms with Gasteiger partial charge in [-0.3, -0.25) is 4.79 Å². The van der Waals surface area contributed by atoms with Crippen molar-refractivity contribution in [3.05, 3.63) is 23.8 Å². The van der Waals surface area contributed by atoms with Gasteiger partial charge in [0.15, 0.2) is 0 Å². The van der Waals surface area contributed by atoms with Crippen LogP contribution in [0.3, 0.4) is 0 Å². The molecule has 8 aliphatic rings. The van der Waals surface area contributed by atoms with Crippen LogP contribution < -0.4 is 0 Å². The van der Waals surface area contributed by atoms with Gasteiger partial charge in [0.05, 0.1) is 6.10 Å². The third-order valence-corrected chi connectivity index (χ3v) is 20.8. The Morgan fingerprint density at radius 1 is 0.696 bits per heavy atom. The van der Waals surface area contributed by atoms with Gasteiger partial charge >= 0.3 is 0 Å². The molecule has 3 unspecified atom stereocenters. The molecule has 2 nitrogen and oxygen atoms in total. The maximum atomic E-state index is 12.1. The molecule has 56 heavy (non-hydrogen) atoms. The van der Waals surface area contributed by atoms with Gasteiger partial charge in [0.2, 0.25) is 0 Å². The van der Waals surface area contributed by atoms with Crippen LogP contribution in [0.1, 0.15) is 210 Å². The highest BCUT2D eigenvalue weighted by Crippen LogP contribution is 2.69. The standard InChI is InChI=1S/C27H46O.C27H44O/c2*1-18(2)7-6-8-19(3)23-11-12-24-22-10-9-20-17-21(28)13-15-26(20,4)25(22)14-16-27(23,24)5/h9,18-19,21-25,28H,6-8,10-17H2,1-5H3;19-20,22-25H,1,6-17H2,2-5H3/t19?,21-,22-,23+,24-,25-,26-,27+;19?,20?,22-,23+,24-,25-,26-,27+/m00/s1. The van der Waals surface area contributed by atoms with Crippen LogP contribution in [0.15, 0.2) is 23.8 Å². The van der Waals surface area contributed by atoms with E-state index in [1.807, 2.05) is 0 Å². The van der Waals surface area contributed by atoms with Gasteiger partial charge in [-0.05, 0) is 209 Å². The Morgan fingerprint density at radius 3 is 1.95 bits per heavy atom. The van der Waals surface area contributed by atoms with E-state index in [9.17, 15) is 9.90 Å². The van der Waals surface area contributed by atoms with Gasteiger partial charge in [0.25, 0.3) is 0 Å². The summed E-state index contributed by atoms with van der Waals surface area (Å²) in [6.07, 6.45) is 32.6. The van der Waals surface area contributed by atoms with E-state index >= 15 is 0 Å². The highest BCUT2D eigenvalue weighted by atomic mass is 16.3. The summed E-state index contributed by atoms with van der Waals surface area (Å²) in [6, 6.07) is 0. The zero-order valence-corrected chi connectivity index (χ0v) is 38.4. The van der Waals surface area contributed by atoms with Crippen LogP contribution in [0.5, 0.6) is 0 Å². The molecular formula is C54H90O2. The molecule has 2 heteroatoms. The number of Topliss-reactive ketones (excluding diaryl/α,β-unsaturated/α-hetero) is 1. The average Bonchev–Trinajstić information content (AvgIpc) is 3.69. The first-order chi connectivity index (χ1) is 26.5. The highest BCUT2D eigenvalue weighted by molar-refractivity contribution is 5.79. The maximum absolute atomic E-state index is 12.1. The molecule has 7 fully saturated rings. The summed E-state index contributed by atoms with van der Waals surface area (Å²) in [4.78, 5) is 12.1. The Bertz CT molecular complexity index is 1420. The lowest BCUT2D eigenvalue weighted by Gasteiger charge is -2.60. The average molecular weight is 771 g/mol. The molecule has 8 rings (SSSR count). The van der Waals surface area contributed by atoms with Crippen molar-refractivity contribution in [3.63, 3.8) is 0 Å². The second-order valence-electron chi connectivity index (χ2n) is 24.1. The van der Waals surface area contributed by atoms with E-state index in [-0.39, 0.29) is 6.10 Å². The SMILES string of the molecule is C=C(C)CCCC(C)[C@H]1CC[C@H]2[C@@H]3CCC4CC(=O)CC[C@]4(C)[C@H]3CC[C@]12C.CC(C)CCCC(C)[C@H]1CC[C@H]2[C@@H]3CC=C4C[C@@H](O)CC[C@]4(C)[C@H]3CC[C@]12C. The van der Waals surface area contributed by atoms with E-state index in [2.05, 4.69) is 75.0 Å². The molecule has 7 saturated carbocycles. The van der Waals surface area contributed by atoms with Crippen molar-refractivity contribution in [2.45, 2.75) is 216 Å². The van der Waals surface area contributed by atoms with Gasteiger partial charge in [-0.1, -0.05) is 98.3 Å². The zero-order chi connectivity index (χ0) is 40.2. The van der Waals surface area contributed by atoms with E-state index in [1.165, 1.54) is 128 Å². The largest absolute Gasteiger partial charge is 0.393 e. The molecule has 0 saturated heterocycles. The van der Waals surface area contributed by atoms with E-state index < -0.39 is 0 Å². The quantitative estimate of drug-likeness (QED) is 0.225. The minimum Gasteiger partial charge on any atom is -0.393 e. The van der Waals surface area contributed by atoms with Crippen molar-refractivity contribution in [1.82, 2.24) is 0 Å². The van der Waals surface area contributed by atoms with Crippen LogP contribution in [0.4, 0.5) is 0 Å². The molecule has 0 aromatic heterocycles. The smallest absolute Gasteiger partial charge is 0.133 e. The van der Waals surface area contributed by atoms with Crippen molar-refractivity contribution in [2.24, 2.45) is 92.7 Å². The molecule has 16 atom stereocenters. The summed E-state index contributed by atoms with van der Waals surface area (Å²) >= 11 is 0. The molecule has 0 aliphatic heterocycles. The number of hydrogen-bond donors (Lipinski definition) is 1. The van der Waals surface area contributed by atoms with Crippen molar-refractivity contribution < 1.29 is 9.90 Å². The molecule has 318 valence electrons. The van der Waals surface area contributed by atoms with Crippen LogP contribution in [-0.4, -0.2) is 17.0 Å². The maximum Gasteiger partial charge on any atom is 0.133 e. The molecule has 8 aliphatic carbocycles. The topological polar surface area (TPSA) is 37.3 Å². The number of carbonyl (C=O) groups excluding carboxylic acids is 1. The molecule has 0 amide bonds. The van der Waals surface area contributed by atoms with Crippen molar-refractivity contribution >= 4 is 5.78 Å². The summed E-state index contributed by atoms with van der Waals surface area (Å²) < 4.78 is 0. The summed E-state index contributed by atoms with van der Waals surface area (Å²) in [5, 5.41) is 10.2. The fraction of sp³-hybridized carbons (Fsp3) is 0.907. The van der Waals surface area contributed by atoms with Crippen LogP contribution in [-0.2, 0) is 4.79 Å². The normalized spacial score (nSPS) is 46.5. The molecule has 0 radical (unpaired) electrons. The van der Waals surface area contributed by atoms with Gasteiger partial charge < -0.3 is 5.11 Å². The Hall–Kier alpha value is -0.890. The fourth-order valence-electron chi connectivity index (χ4n) is 17.6. The van der Waals surface area contributed by atoms with Crippen LogP contribution in [0.25, 0.3) is 0 Å². The molecule has 0 aromatic rings. The van der Waals surface area contributed by atoms with Crippen LogP contribution >= 0.6 is 0 Å². The van der Waals surface area contributed by atoms with Crippen molar-refractivity contribution in [3.8, 4) is 0 Å². The number of ketones is 1. The Labute approximate surface area is 347 Å². The third kappa shape index (κ3) is 7.90.